The van der Waals surface area contributed by atoms with Crippen molar-refractivity contribution < 1.29 is 18.0 Å². The molecular weight excluding hydrogens is 257 g/mol. The SMILES string of the molecule is O=C(Nc1ccc(F)c(F)c1F)C1CCCCCN1. The molecule has 6 heteroatoms. The van der Waals surface area contributed by atoms with Crippen molar-refractivity contribution >= 4 is 11.6 Å². The molecule has 0 aromatic heterocycles. The number of carbonyl (C=O) groups excluding carboxylic acids is 1. The van der Waals surface area contributed by atoms with E-state index in [0.29, 0.717) is 6.42 Å². The van der Waals surface area contributed by atoms with Crippen molar-refractivity contribution in [1.82, 2.24) is 5.32 Å². The number of hydrogen-bond acceptors (Lipinski definition) is 2. The van der Waals surface area contributed by atoms with Crippen LogP contribution in [0.15, 0.2) is 12.1 Å². The zero-order valence-corrected chi connectivity index (χ0v) is 10.3. The number of benzene rings is 1. The first kappa shape index (κ1) is 13.9. The molecule has 0 bridgehead atoms. The first-order valence-corrected chi connectivity index (χ1v) is 6.27. The van der Waals surface area contributed by atoms with Gasteiger partial charge < -0.3 is 10.6 Å². The van der Waals surface area contributed by atoms with Gasteiger partial charge in [0.15, 0.2) is 17.5 Å². The fourth-order valence-electron chi connectivity index (χ4n) is 2.09. The second-order valence-corrected chi connectivity index (χ2v) is 4.57. The molecular formula is C13H15F3N2O. The van der Waals surface area contributed by atoms with Crippen molar-refractivity contribution in [3.63, 3.8) is 0 Å². The van der Waals surface area contributed by atoms with Gasteiger partial charge in [-0.15, -0.1) is 0 Å². The van der Waals surface area contributed by atoms with Gasteiger partial charge in [-0.2, -0.15) is 0 Å². The Kier molecular flexibility index (Phi) is 4.42. The minimum atomic E-state index is -1.58. The van der Waals surface area contributed by atoms with E-state index in [9.17, 15) is 18.0 Å². The van der Waals surface area contributed by atoms with Crippen molar-refractivity contribution in [2.24, 2.45) is 0 Å². The third kappa shape index (κ3) is 3.26. The molecule has 0 aliphatic carbocycles. The van der Waals surface area contributed by atoms with Crippen molar-refractivity contribution in [1.29, 1.82) is 0 Å². The number of carbonyl (C=O) groups is 1. The number of nitrogens with one attached hydrogen (secondary N) is 2. The average Bonchev–Trinajstić information content (AvgIpc) is 2.68. The molecule has 2 N–H and O–H groups in total. The number of hydrogen-bond donors (Lipinski definition) is 2. The van der Waals surface area contributed by atoms with Crippen LogP contribution in [0.3, 0.4) is 0 Å². The molecule has 1 fully saturated rings. The van der Waals surface area contributed by atoms with E-state index in [1.165, 1.54) is 0 Å². The lowest BCUT2D eigenvalue weighted by Crippen LogP contribution is -2.40. The topological polar surface area (TPSA) is 41.1 Å². The highest BCUT2D eigenvalue weighted by Crippen LogP contribution is 2.20. The van der Waals surface area contributed by atoms with Gasteiger partial charge in [-0.25, -0.2) is 13.2 Å². The minimum Gasteiger partial charge on any atom is -0.322 e. The van der Waals surface area contributed by atoms with Gasteiger partial charge in [0.1, 0.15) is 0 Å². The monoisotopic (exact) mass is 272 g/mol. The van der Waals surface area contributed by atoms with Gasteiger partial charge in [0, 0.05) is 0 Å². The van der Waals surface area contributed by atoms with Crippen molar-refractivity contribution in [3.05, 3.63) is 29.6 Å². The van der Waals surface area contributed by atoms with Crippen molar-refractivity contribution in [2.75, 3.05) is 11.9 Å². The van der Waals surface area contributed by atoms with Crippen molar-refractivity contribution in [2.45, 2.75) is 31.7 Å². The van der Waals surface area contributed by atoms with Gasteiger partial charge in [-0.3, -0.25) is 4.79 Å². The largest absolute Gasteiger partial charge is 0.322 e. The zero-order chi connectivity index (χ0) is 13.8. The Bertz CT molecular complexity index is 471. The van der Waals surface area contributed by atoms with Crippen LogP contribution in [0.5, 0.6) is 0 Å². The normalized spacial score (nSPS) is 19.8. The molecule has 1 amide bonds. The molecule has 1 aliphatic rings. The van der Waals surface area contributed by atoms with E-state index < -0.39 is 29.4 Å². The first-order valence-electron chi connectivity index (χ1n) is 6.27. The van der Waals surface area contributed by atoms with E-state index in [-0.39, 0.29) is 5.69 Å². The maximum absolute atomic E-state index is 13.4. The zero-order valence-electron chi connectivity index (χ0n) is 10.3. The fraction of sp³-hybridized carbons (Fsp3) is 0.462. The summed E-state index contributed by atoms with van der Waals surface area (Å²) in [5.74, 6) is -4.65. The molecule has 0 spiro atoms. The van der Waals surface area contributed by atoms with Crippen LogP contribution in [0.1, 0.15) is 25.7 Å². The summed E-state index contributed by atoms with van der Waals surface area (Å²) < 4.78 is 39.2. The molecule has 1 saturated heterocycles. The summed E-state index contributed by atoms with van der Waals surface area (Å²) >= 11 is 0. The molecule has 1 heterocycles. The highest BCUT2D eigenvalue weighted by molar-refractivity contribution is 5.94. The average molecular weight is 272 g/mol. The Balaban J connectivity index is 2.08. The van der Waals surface area contributed by atoms with Crippen LogP contribution in [0.4, 0.5) is 18.9 Å². The molecule has 104 valence electrons. The predicted octanol–water partition coefficient (Wildman–Crippen LogP) is 2.57. The lowest BCUT2D eigenvalue weighted by Gasteiger charge is -2.16. The van der Waals surface area contributed by atoms with Gasteiger partial charge in [0.05, 0.1) is 11.7 Å². The first-order chi connectivity index (χ1) is 9.09. The summed E-state index contributed by atoms with van der Waals surface area (Å²) in [6, 6.07) is 1.38. The lowest BCUT2D eigenvalue weighted by molar-refractivity contribution is -0.118. The second-order valence-electron chi connectivity index (χ2n) is 4.57. The van der Waals surface area contributed by atoms with E-state index in [4.69, 9.17) is 0 Å². The van der Waals surface area contributed by atoms with Crippen molar-refractivity contribution in [3.8, 4) is 0 Å². The van der Waals surface area contributed by atoms with E-state index in [2.05, 4.69) is 10.6 Å². The smallest absolute Gasteiger partial charge is 0.241 e. The summed E-state index contributed by atoms with van der Waals surface area (Å²) in [6.45, 7) is 0.721. The summed E-state index contributed by atoms with van der Waals surface area (Å²) in [4.78, 5) is 11.9. The van der Waals surface area contributed by atoms with E-state index in [1.807, 2.05) is 0 Å². The fourth-order valence-corrected chi connectivity index (χ4v) is 2.09. The number of rotatable bonds is 2. The van der Waals surface area contributed by atoms with Crippen LogP contribution in [-0.4, -0.2) is 18.5 Å². The van der Waals surface area contributed by atoms with Crippen LogP contribution in [-0.2, 0) is 4.79 Å². The Morgan fingerprint density at radius 3 is 2.74 bits per heavy atom. The number of halogens is 3. The van der Waals surface area contributed by atoms with Gasteiger partial charge >= 0.3 is 0 Å². The number of anilines is 1. The van der Waals surface area contributed by atoms with E-state index in [1.54, 1.807) is 0 Å². The van der Waals surface area contributed by atoms with Gasteiger partial charge in [-0.05, 0) is 31.5 Å². The predicted molar refractivity (Wildman–Crippen MR) is 65.2 cm³/mol. The van der Waals surface area contributed by atoms with Gasteiger partial charge in [-0.1, -0.05) is 12.8 Å². The van der Waals surface area contributed by atoms with Crippen LogP contribution in [0, 0.1) is 17.5 Å². The molecule has 1 aromatic carbocycles. The molecule has 1 aromatic rings. The maximum Gasteiger partial charge on any atom is 0.241 e. The van der Waals surface area contributed by atoms with Gasteiger partial charge in [0.2, 0.25) is 5.91 Å². The second kappa shape index (κ2) is 6.06. The summed E-state index contributed by atoms with van der Waals surface area (Å²) in [6.07, 6.45) is 3.59. The lowest BCUT2D eigenvalue weighted by atomic mass is 10.1. The van der Waals surface area contributed by atoms with Gasteiger partial charge in [0.25, 0.3) is 0 Å². The summed E-state index contributed by atoms with van der Waals surface area (Å²) in [7, 11) is 0. The molecule has 19 heavy (non-hydrogen) atoms. The molecule has 1 unspecified atom stereocenters. The molecule has 2 rings (SSSR count). The highest BCUT2D eigenvalue weighted by Gasteiger charge is 2.22. The molecule has 3 nitrogen and oxygen atoms in total. The summed E-state index contributed by atoms with van der Waals surface area (Å²) in [5, 5.41) is 5.34. The Morgan fingerprint density at radius 1 is 1.16 bits per heavy atom. The Hall–Kier alpha value is -1.56. The van der Waals surface area contributed by atoms with E-state index in [0.717, 1.165) is 37.9 Å². The summed E-state index contributed by atoms with van der Waals surface area (Å²) in [5.41, 5.74) is -0.338. The van der Waals surface area contributed by atoms with Crippen LogP contribution in [0.25, 0.3) is 0 Å². The van der Waals surface area contributed by atoms with E-state index >= 15 is 0 Å². The van der Waals surface area contributed by atoms with Crippen LogP contribution >= 0.6 is 0 Å². The van der Waals surface area contributed by atoms with Crippen LogP contribution in [0.2, 0.25) is 0 Å². The third-order valence-corrected chi connectivity index (χ3v) is 3.17. The molecule has 1 atom stereocenters. The standard InChI is InChI=1S/C13H15F3N2O/c14-8-5-6-9(12(16)11(8)15)18-13(19)10-4-2-1-3-7-17-10/h5-6,10,17H,1-4,7H2,(H,18,19). The third-order valence-electron chi connectivity index (χ3n) is 3.17. The molecule has 0 radical (unpaired) electrons. The Morgan fingerprint density at radius 2 is 1.95 bits per heavy atom. The minimum absolute atomic E-state index is 0.338. The quantitative estimate of drug-likeness (QED) is 0.812. The van der Waals surface area contributed by atoms with Crippen LogP contribution < -0.4 is 10.6 Å². The Labute approximate surface area is 109 Å². The maximum atomic E-state index is 13.4. The number of amides is 1. The highest BCUT2D eigenvalue weighted by atomic mass is 19.2. The molecule has 0 saturated carbocycles. The molecule has 1 aliphatic heterocycles.